The molecule has 1 fully saturated rings. The summed E-state index contributed by atoms with van der Waals surface area (Å²) in [7, 11) is 0. The van der Waals surface area contributed by atoms with Crippen molar-refractivity contribution >= 4 is 24.1 Å². The van der Waals surface area contributed by atoms with Crippen LogP contribution < -0.4 is 10.6 Å². The molecule has 0 saturated heterocycles. The van der Waals surface area contributed by atoms with E-state index in [4.69, 9.17) is 18.9 Å². The predicted molar refractivity (Wildman–Crippen MR) is 97.3 cm³/mol. The van der Waals surface area contributed by atoms with Crippen molar-refractivity contribution in [3.05, 3.63) is 25.3 Å². The van der Waals surface area contributed by atoms with Gasteiger partial charge in [0.25, 0.3) is 0 Å². The number of ether oxygens (including phenoxy) is 4. The number of amides is 2. The quantitative estimate of drug-likeness (QED) is 0.243. The Morgan fingerprint density at radius 2 is 1.18 bits per heavy atom. The second-order valence-electron chi connectivity index (χ2n) is 5.77. The van der Waals surface area contributed by atoms with Crippen LogP contribution in [0.1, 0.15) is 25.7 Å². The van der Waals surface area contributed by atoms with Gasteiger partial charge in [-0.05, 0) is 25.7 Å². The van der Waals surface area contributed by atoms with Gasteiger partial charge in [-0.2, -0.15) is 0 Å². The number of alkyl carbamates (subject to hydrolysis) is 2. The minimum Gasteiger partial charge on any atom is -0.461 e. The van der Waals surface area contributed by atoms with Crippen LogP contribution in [0.4, 0.5) is 9.59 Å². The zero-order valence-electron chi connectivity index (χ0n) is 15.6. The van der Waals surface area contributed by atoms with Crippen LogP contribution in [0, 0.1) is 0 Å². The van der Waals surface area contributed by atoms with Crippen LogP contribution in [0.2, 0.25) is 0 Å². The van der Waals surface area contributed by atoms with Crippen molar-refractivity contribution in [1.29, 1.82) is 0 Å². The van der Waals surface area contributed by atoms with Gasteiger partial charge in [0.15, 0.2) is 0 Å². The third-order valence-corrected chi connectivity index (χ3v) is 3.72. The van der Waals surface area contributed by atoms with Gasteiger partial charge in [-0.15, -0.1) is 0 Å². The van der Waals surface area contributed by atoms with Gasteiger partial charge in [-0.1, -0.05) is 13.2 Å². The summed E-state index contributed by atoms with van der Waals surface area (Å²) in [6, 6.07) is 0. The molecule has 0 aromatic heterocycles. The van der Waals surface area contributed by atoms with Crippen molar-refractivity contribution in [2.45, 2.75) is 37.9 Å². The highest BCUT2D eigenvalue weighted by molar-refractivity contribution is 5.81. The van der Waals surface area contributed by atoms with Gasteiger partial charge < -0.3 is 29.6 Å². The van der Waals surface area contributed by atoms with Crippen LogP contribution in [0.15, 0.2) is 25.3 Å². The molecule has 0 aromatic carbocycles. The minimum absolute atomic E-state index is 0.0105. The van der Waals surface area contributed by atoms with Gasteiger partial charge in [0.2, 0.25) is 0 Å². The molecule has 1 saturated carbocycles. The molecule has 0 spiro atoms. The number of hydrogen-bond acceptors (Lipinski definition) is 8. The molecule has 0 bridgehead atoms. The maximum atomic E-state index is 11.9. The lowest BCUT2D eigenvalue weighted by Gasteiger charge is -2.30. The summed E-state index contributed by atoms with van der Waals surface area (Å²) >= 11 is 0. The summed E-state index contributed by atoms with van der Waals surface area (Å²) in [6.45, 7) is 6.67. The second kappa shape index (κ2) is 13.2. The summed E-state index contributed by atoms with van der Waals surface area (Å²) in [5.41, 5.74) is 0. The van der Waals surface area contributed by atoms with E-state index in [2.05, 4.69) is 23.8 Å². The van der Waals surface area contributed by atoms with E-state index in [9.17, 15) is 19.2 Å². The highest BCUT2D eigenvalue weighted by Crippen LogP contribution is 2.24. The van der Waals surface area contributed by atoms with Gasteiger partial charge in [-0.25, -0.2) is 19.2 Å². The zero-order valence-corrected chi connectivity index (χ0v) is 15.6. The summed E-state index contributed by atoms with van der Waals surface area (Å²) in [6.07, 6.45) is 2.33. The van der Waals surface area contributed by atoms with Crippen LogP contribution >= 0.6 is 0 Å². The lowest BCUT2D eigenvalue weighted by atomic mass is 9.94. The lowest BCUT2D eigenvalue weighted by Crippen LogP contribution is -2.43. The molecule has 156 valence electrons. The van der Waals surface area contributed by atoms with Gasteiger partial charge in [0, 0.05) is 12.2 Å². The van der Waals surface area contributed by atoms with Crippen LogP contribution in [-0.4, -0.2) is 62.6 Å². The standard InChI is InChI=1S/C18H26N2O8/c1-3-15(21)25-11-9-19-17(23)27-13-7-5-6-8-14(13)28-18(24)20-10-12-26-16(22)4-2/h3-4,13-14H,1-2,5-12H2,(H,19,23)(H,20,24). The maximum Gasteiger partial charge on any atom is 0.407 e. The van der Waals surface area contributed by atoms with E-state index in [-0.39, 0.29) is 26.3 Å². The molecule has 1 aliphatic rings. The molecule has 1 aliphatic carbocycles. The van der Waals surface area contributed by atoms with Gasteiger partial charge in [0.1, 0.15) is 25.4 Å². The highest BCUT2D eigenvalue weighted by Gasteiger charge is 2.31. The summed E-state index contributed by atoms with van der Waals surface area (Å²) in [4.78, 5) is 45.5. The Hall–Kier alpha value is -3.04. The van der Waals surface area contributed by atoms with E-state index in [1.54, 1.807) is 0 Å². The SMILES string of the molecule is C=CC(=O)OCCNC(=O)OC1CCCCC1OC(=O)NCCOC(=O)C=C. The first kappa shape index (κ1) is 23.0. The highest BCUT2D eigenvalue weighted by atomic mass is 16.6. The number of hydrogen-bond donors (Lipinski definition) is 2. The first-order valence-electron chi connectivity index (χ1n) is 8.93. The van der Waals surface area contributed by atoms with Crippen molar-refractivity contribution in [2.75, 3.05) is 26.3 Å². The second-order valence-corrected chi connectivity index (χ2v) is 5.77. The van der Waals surface area contributed by atoms with Crippen LogP contribution in [-0.2, 0) is 28.5 Å². The average Bonchev–Trinajstić information content (AvgIpc) is 2.69. The molecule has 2 unspecified atom stereocenters. The Morgan fingerprint density at radius 1 is 0.786 bits per heavy atom. The van der Waals surface area contributed by atoms with Crippen LogP contribution in [0.3, 0.4) is 0 Å². The fourth-order valence-electron chi connectivity index (χ4n) is 2.42. The number of carbonyl (C=O) groups excluding carboxylic acids is 4. The summed E-state index contributed by atoms with van der Waals surface area (Å²) < 4.78 is 20.1. The van der Waals surface area contributed by atoms with Crippen LogP contribution in [0.25, 0.3) is 0 Å². The largest absolute Gasteiger partial charge is 0.461 e. The molecule has 0 aliphatic heterocycles. The number of carbonyl (C=O) groups is 4. The third-order valence-electron chi connectivity index (χ3n) is 3.72. The van der Waals surface area contributed by atoms with Gasteiger partial charge >= 0.3 is 24.1 Å². The molecule has 0 aromatic rings. The third kappa shape index (κ3) is 9.60. The number of esters is 2. The summed E-state index contributed by atoms with van der Waals surface area (Å²) in [5, 5.41) is 4.91. The van der Waals surface area contributed by atoms with E-state index >= 15 is 0 Å². The monoisotopic (exact) mass is 398 g/mol. The fraction of sp³-hybridized carbons (Fsp3) is 0.556. The lowest BCUT2D eigenvalue weighted by molar-refractivity contribution is -0.138. The van der Waals surface area contributed by atoms with Gasteiger partial charge in [0.05, 0.1) is 13.1 Å². The number of rotatable bonds is 10. The first-order chi connectivity index (χ1) is 13.5. The van der Waals surface area contributed by atoms with E-state index in [1.807, 2.05) is 0 Å². The molecular formula is C18H26N2O8. The van der Waals surface area contributed by atoms with Gasteiger partial charge in [-0.3, -0.25) is 0 Å². The Kier molecular flexibility index (Phi) is 10.8. The topological polar surface area (TPSA) is 129 Å². The Labute approximate surface area is 163 Å². The van der Waals surface area contributed by atoms with Crippen molar-refractivity contribution in [1.82, 2.24) is 10.6 Å². The maximum absolute atomic E-state index is 11.9. The molecule has 28 heavy (non-hydrogen) atoms. The van der Waals surface area contributed by atoms with Crippen LogP contribution in [0.5, 0.6) is 0 Å². The zero-order chi connectivity index (χ0) is 20.8. The molecule has 0 heterocycles. The smallest absolute Gasteiger partial charge is 0.407 e. The average molecular weight is 398 g/mol. The molecule has 1 rings (SSSR count). The molecular weight excluding hydrogens is 372 g/mol. The Bertz CT molecular complexity index is 528. The van der Waals surface area contributed by atoms with E-state index in [0.717, 1.165) is 25.0 Å². The van der Waals surface area contributed by atoms with Crippen molar-refractivity contribution in [3.63, 3.8) is 0 Å². The Balaban J connectivity index is 2.31. The van der Waals surface area contributed by atoms with E-state index in [0.29, 0.717) is 12.8 Å². The van der Waals surface area contributed by atoms with E-state index in [1.165, 1.54) is 0 Å². The molecule has 2 atom stereocenters. The van der Waals surface area contributed by atoms with Crippen molar-refractivity contribution < 1.29 is 38.1 Å². The Morgan fingerprint density at radius 3 is 1.54 bits per heavy atom. The minimum atomic E-state index is -0.688. The molecule has 2 amide bonds. The first-order valence-corrected chi connectivity index (χ1v) is 8.93. The fourth-order valence-corrected chi connectivity index (χ4v) is 2.42. The molecule has 0 radical (unpaired) electrons. The molecule has 2 N–H and O–H groups in total. The summed E-state index contributed by atoms with van der Waals surface area (Å²) in [5.74, 6) is -1.16. The van der Waals surface area contributed by atoms with Crippen molar-refractivity contribution in [3.8, 4) is 0 Å². The number of nitrogens with one attached hydrogen (secondary N) is 2. The molecule has 10 heteroatoms. The molecule has 10 nitrogen and oxygen atoms in total. The normalized spacial score (nSPS) is 18.1. The predicted octanol–water partition coefficient (Wildman–Crippen LogP) is 1.21. The van der Waals surface area contributed by atoms with Crippen molar-refractivity contribution in [2.24, 2.45) is 0 Å². The van der Waals surface area contributed by atoms with E-state index < -0.39 is 36.3 Å².